The van der Waals surface area contributed by atoms with Crippen molar-refractivity contribution in [1.29, 1.82) is 0 Å². The molecule has 0 aromatic heterocycles. The van der Waals surface area contributed by atoms with Crippen LogP contribution in [0.4, 0.5) is 0 Å². The van der Waals surface area contributed by atoms with E-state index in [0.29, 0.717) is 28.3 Å². The molecule has 0 bridgehead atoms. The third-order valence-electron chi connectivity index (χ3n) is 1.19. The SMILES string of the molecule is SCCSCC(CS)SCCS.[O]=[Sb].[O]=[Sb]=[O]. The third kappa shape index (κ3) is 27.9. The Morgan fingerprint density at radius 2 is 1.53 bits per heavy atom. The number of thiol groups is 3. The van der Waals surface area contributed by atoms with Crippen LogP contribution < -0.4 is 0 Å². The van der Waals surface area contributed by atoms with E-state index in [1.54, 1.807) is 0 Å². The fourth-order valence-corrected chi connectivity index (χ4v) is 3.87. The first-order valence-corrected chi connectivity index (χ1v) is 11.6. The zero-order valence-corrected chi connectivity index (χ0v) is 18.5. The summed E-state index contributed by atoms with van der Waals surface area (Å²) in [6.45, 7) is 0. The molecule has 1 atom stereocenters. The zero-order chi connectivity index (χ0) is 13.9. The second kappa shape index (κ2) is 27.2. The first-order valence-electron chi connectivity index (χ1n) is 4.41. The standard InChI is InChI=1S/C7H16S5.3O.2Sb/c8-1-3-11-6-7(5-10)12-4-2-9;;;;;/h7-10H,1-6H2;;;;;. The van der Waals surface area contributed by atoms with Gasteiger partial charge in [0.05, 0.1) is 0 Å². The van der Waals surface area contributed by atoms with Crippen LogP contribution in [0.25, 0.3) is 0 Å². The second-order valence-electron chi connectivity index (χ2n) is 2.27. The van der Waals surface area contributed by atoms with Crippen LogP contribution in [0.5, 0.6) is 0 Å². The van der Waals surface area contributed by atoms with Crippen LogP contribution in [0.15, 0.2) is 0 Å². The Bertz CT molecular complexity index is 172. The maximum absolute atomic E-state index is 8.52. The predicted octanol–water partition coefficient (Wildman–Crippen LogP) is 1.49. The average molecular weight is 552 g/mol. The topological polar surface area (TPSA) is 51.2 Å². The molecular formula is C7H16O3S5Sb2. The van der Waals surface area contributed by atoms with Crippen LogP contribution in [-0.2, 0) is 9.05 Å². The monoisotopic (exact) mass is 550 g/mol. The molecule has 0 fully saturated rings. The first-order chi connectivity index (χ1) is 8.26. The third-order valence-corrected chi connectivity index (χ3v) is 5.51. The molecule has 17 heavy (non-hydrogen) atoms. The number of thioether (sulfide) groups is 2. The fraction of sp³-hybridized carbons (Fsp3) is 1.00. The van der Waals surface area contributed by atoms with Crippen LogP contribution in [0.3, 0.4) is 0 Å². The molecule has 0 aliphatic heterocycles. The number of hydrogen-bond acceptors (Lipinski definition) is 8. The molecule has 0 amide bonds. The maximum atomic E-state index is 8.52. The summed E-state index contributed by atoms with van der Waals surface area (Å²) in [6, 6.07) is 0. The van der Waals surface area contributed by atoms with Crippen molar-refractivity contribution in [3.63, 3.8) is 0 Å². The number of rotatable bonds is 8. The second-order valence-corrected chi connectivity index (χ2v) is 6.52. The molecule has 102 valence electrons. The van der Waals surface area contributed by atoms with Gasteiger partial charge < -0.3 is 0 Å². The molecule has 3 nitrogen and oxygen atoms in total. The van der Waals surface area contributed by atoms with Gasteiger partial charge in [-0.3, -0.25) is 0 Å². The molecule has 0 aromatic carbocycles. The van der Waals surface area contributed by atoms with Gasteiger partial charge in [0.2, 0.25) is 0 Å². The van der Waals surface area contributed by atoms with Gasteiger partial charge in [0.25, 0.3) is 0 Å². The predicted molar refractivity (Wildman–Crippen MR) is 88.7 cm³/mol. The van der Waals surface area contributed by atoms with Crippen molar-refractivity contribution in [3.8, 4) is 0 Å². The number of hydrogen-bond donors (Lipinski definition) is 3. The molecule has 0 aromatic rings. The summed E-state index contributed by atoms with van der Waals surface area (Å²) >= 11 is 14.9. The Morgan fingerprint density at radius 3 is 1.88 bits per heavy atom. The fourth-order valence-electron chi connectivity index (χ4n) is 0.652. The molecule has 0 saturated carbocycles. The van der Waals surface area contributed by atoms with Gasteiger partial charge in [-0.15, -0.1) is 0 Å². The van der Waals surface area contributed by atoms with Gasteiger partial charge >= 0.3 is 53.7 Å². The van der Waals surface area contributed by atoms with Crippen LogP contribution in [0.1, 0.15) is 0 Å². The molecule has 0 aliphatic carbocycles. The molecule has 0 aliphatic rings. The molecular weight excluding hydrogens is 536 g/mol. The molecule has 10 heteroatoms. The molecule has 0 heterocycles. The van der Waals surface area contributed by atoms with E-state index in [4.69, 9.17) is 9.05 Å². The van der Waals surface area contributed by atoms with Gasteiger partial charge in [-0.05, 0) is 11.5 Å². The molecule has 0 rings (SSSR count). The summed E-state index contributed by atoms with van der Waals surface area (Å²) in [5.74, 6) is 6.39. The Hall–Kier alpha value is 2.79. The minimum atomic E-state index is -2.15. The van der Waals surface area contributed by atoms with Crippen molar-refractivity contribution in [2.45, 2.75) is 5.25 Å². The van der Waals surface area contributed by atoms with Crippen LogP contribution in [-0.4, -0.2) is 84.4 Å². The summed E-state index contributed by atoms with van der Waals surface area (Å²) in [6.07, 6.45) is 0. The van der Waals surface area contributed by atoms with E-state index in [9.17, 15) is 0 Å². The minimum absolute atomic E-state index is 0.500. The Labute approximate surface area is 153 Å². The molecule has 1 unspecified atom stereocenters. The van der Waals surface area contributed by atoms with E-state index in [1.807, 2.05) is 23.5 Å². The van der Waals surface area contributed by atoms with Gasteiger partial charge in [0, 0.05) is 28.3 Å². The Kier molecular flexibility index (Phi) is 39.6. The Morgan fingerprint density at radius 1 is 1.06 bits per heavy atom. The summed E-state index contributed by atoms with van der Waals surface area (Å²) in [5.41, 5.74) is 0. The Balaban J connectivity index is -0.000000337. The van der Waals surface area contributed by atoms with Crippen molar-refractivity contribution in [1.82, 2.24) is 0 Å². The van der Waals surface area contributed by atoms with Crippen molar-refractivity contribution in [2.24, 2.45) is 0 Å². The molecule has 0 N–H and O–H groups in total. The average Bonchev–Trinajstić information content (AvgIpc) is 2.37. The van der Waals surface area contributed by atoms with Crippen molar-refractivity contribution in [2.75, 3.05) is 34.5 Å². The van der Waals surface area contributed by atoms with Crippen LogP contribution in [0.2, 0.25) is 0 Å². The van der Waals surface area contributed by atoms with Crippen molar-refractivity contribution >= 4 is 106 Å². The van der Waals surface area contributed by atoms with Gasteiger partial charge in [-0.2, -0.15) is 61.4 Å². The quantitative estimate of drug-likeness (QED) is 0.243. The summed E-state index contributed by atoms with van der Waals surface area (Å²) in [4.78, 5) is 0. The van der Waals surface area contributed by atoms with E-state index in [1.165, 1.54) is 5.75 Å². The summed E-state index contributed by atoms with van der Waals surface area (Å²) in [7, 11) is 0. The van der Waals surface area contributed by atoms with Crippen molar-refractivity contribution in [3.05, 3.63) is 0 Å². The zero-order valence-electron chi connectivity index (χ0n) is 9.10. The van der Waals surface area contributed by atoms with Gasteiger partial charge in [0.15, 0.2) is 0 Å². The van der Waals surface area contributed by atoms with Gasteiger partial charge in [-0.25, -0.2) is 0 Å². The molecule has 0 saturated heterocycles. The summed E-state index contributed by atoms with van der Waals surface area (Å²) < 4.78 is 25.4. The van der Waals surface area contributed by atoms with E-state index in [2.05, 4.69) is 37.9 Å². The molecule has 2 radical (unpaired) electrons. The summed E-state index contributed by atoms with van der Waals surface area (Å²) in [5, 5.41) is 0.686. The van der Waals surface area contributed by atoms with Gasteiger partial charge in [0.1, 0.15) is 0 Å². The van der Waals surface area contributed by atoms with E-state index in [-0.39, 0.29) is 0 Å². The first kappa shape index (κ1) is 24.8. The molecule has 0 spiro atoms. The van der Waals surface area contributed by atoms with Gasteiger partial charge in [-0.1, -0.05) is 0 Å². The van der Waals surface area contributed by atoms with Crippen LogP contribution in [0, 0.1) is 0 Å². The van der Waals surface area contributed by atoms with Crippen molar-refractivity contribution < 1.29 is 9.05 Å². The normalized spacial score (nSPS) is 10.1. The van der Waals surface area contributed by atoms with E-state index < -0.39 is 21.6 Å². The van der Waals surface area contributed by atoms with Crippen LogP contribution >= 0.6 is 61.4 Å². The van der Waals surface area contributed by atoms with E-state index in [0.717, 1.165) is 28.8 Å². The van der Waals surface area contributed by atoms with E-state index >= 15 is 0 Å².